The highest BCUT2D eigenvalue weighted by Crippen LogP contribution is 2.50. The fraction of sp³-hybridized carbons (Fsp3) is 0.533. The van der Waals surface area contributed by atoms with Crippen LogP contribution in [-0.2, 0) is 10.2 Å². The third kappa shape index (κ3) is 2.43. The van der Waals surface area contributed by atoms with Crippen molar-refractivity contribution in [2.45, 2.75) is 18.3 Å². The molecule has 102 valence electrons. The molecule has 3 nitrogen and oxygen atoms in total. The Morgan fingerprint density at radius 1 is 1.21 bits per heavy atom. The smallest absolute Gasteiger partial charge is 0.233 e. The molecular weight excluding hydrogens is 304 g/mol. The molecule has 2 aliphatic rings. The molecule has 1 aliphatic heterocycles. The lowest BCUT2D eigenvalue weighted by atomic mass is 9.94. The van der Waals surface area contributed by atoms with Gasteiger partial charge in [0.15, 0.2) is 0 Å². The number of rotatable bonds is 2. The highest BCUT2D eigenvalue weighted by atomic mass is 79.9. The highest BCUT2D eigenvalue weighted by molar-refractivity contribution is 9.10. The quantitative estimate of drug-likeness (QED) is 0.833. The van der Waals surface area contributed by atoms with Gasteiger partial charge in [0, 0.05) is 30.7 Å². The van der Waals surface area contributed by atoms with E-state index in [4.69, 9.17) is 0 Å². The molecule has 1 aromatic rings. The van der Waals surface area contributed by atoms with E-state index < -0.39 is 0 Å². The van der Waals surface area contributed by atoms with Crippen molar-refractivity contribution in [2.75, 3.05) is 33.2 Å². The van der Waals surface area contributed by atoms with Crippen molar-refractivity contribution in [1.29, 1.82) is 0 Å². The van der Waals surface area contributed by atoms with Crippen molar-refractivity contribution >= 4 is 21.8 Å². The summed E-state index contributed by atoms with van der Waals surface area (Å²) in [6.07, 6.45) is 1.99. The SMILES string of the molecule is CN1CCN(C(=O)C2(c3cccc(Br)c3)CC2)CC1. The average Bonchev–Trinajstić information content (AvgIpc) is 3.20. The lowest BCUT2D eigenvalue weighted by molar-refractivity contribution is -0.135. The summed E-state index contributed by atoms with van der Waals surface area (Å²) in [6.45, 7) is 3.71. The molecule has 1 saturated heterocycles. The first-order valence-electron chi connectivity index (χ1n) is 6.86. The number of halogens is 1. The molecule has 0 radical (unpaired) electrons. The van der Waals surface area contributed by atoms with E-state index in [1.807, 2.05) is 17.0 Å². The maximum atomic E-state index is 12.8. The minimum absolute atomic E-state index is 0.223. The molecule has 0 aromatic heterocycles. The maximum Gasteiger partial charge on any atom is 0.233 e. The van der Waals surface area contributed by atoms with Gasteiger partial charge in [-0.05, 0) is 37.6 Å². The van der Waals surface area contributed by atoms with Crippen LogP contribution < -0.4 is 0 Å². The Morgan fingerprint density at radius 3 is 2.47 bits per heavy atom. The molecule has 0 bridgehead atoms. The van der Waals surface area contributed by atoms with E-state index in [9.17, 15) is 4.79 Å². The topological polar surface area (TPSA) is 23.6 Å². The molecule has 1 heterocycles. The number of amides is 1. The monoisotopic (exact) mass is 322 g/mol. The first kappa shape index (κ1) is 13.1. The van der Waals surface area contributed by atoms with Gasteiger partial charge < -0.3 is 9.80 Å². The maximum absolute atomic E-state index is 12.8. The van der Waals surface area contributed by atoms with Crippen molar-refractivity contribution in [2.24, 2.45) is 0 Å². The average molecular weight is 323 g/mol. The number of piperazine rings is 1. The minimum Gasteiger partial charge on any atom is -0.339 e. The molecule has 1 aliphatic carbocycles. The standard InChI is InChI=1S/C15H19BrN2O/c1-17-7-9-18(10-8-17)14(19)15(5-6-15)12-3-2-4-13(16)11-12/h2-4,11H,5-10H2,1H3. The van der Waals surface area contributed by atoms with Crippen molar-refractivity contribution in [1.82, 2.24) is 9.80 Å². The Morgan fingerprint density at radius 2 is 1.89 bits per heavy atom. The van der Waals surface area contributed by atoms with Crippen LogP contribution in [0.4, 0.5) is 0 Å². The van der Waals surface area contributed by atoms with Crippen LogP contribution in [0.5, 0.6) is 0 Å². The van der Waals surface area contributed by atoms with E-state index in [0.29, 0.717) is 5.91 Å². The molecular formula is C15H19BrN2O. The molecule has 19 heavy (non-hydrogen) atoms. The van der Waals surface area contributed by atoms with Crippen LogP contribution in [0, 0.1) is 0 Å². The van der Waals surface area contributed by atoms with E-state index >= 15 is 0 Å². The number of carbonyl (C=O) groups is 1. The molecule has 0 atom stereocenters. The second-order valence-electron chi connectivity index (χ2n) is 5.69. The van der Waals surface area contributed by atoms with Gasteiger partial charge in [0.2, 0.25) is 5.91 Å². The minimum atomic E-state index is -0.223. The summed E-state index contributed by atoms with van der Waals surface area (Å²) < 4.78 is 1.06. The zero-order chi connectivity index (χ0) is 13.5. The second kappa shape index (κ2) is 4.91. The normalized spacial score (nSPS) is 22.3. The van der Waals surface area contributed by atoms with Gasteiger partial charge in [-0.25, -0.2) is 0 Å². The van der Waals surface area contributed by atoms with Gasteiger partial charge in [0.1, 0.15) is 0 Å². The molecule has 1 saturated carbocycles. The third-order valence-corrected chi connectivity index (χ3v) is 4.82. The molecule has 0 N–H and O–H groups in total. The Labute approximate surface area is 122 Å². The molecule has 1 amide bonds. The number of likely N-dealkylation sites (N-methyl/N-ethyl adjacent to an activating group) is 1. The Hall–Kier alpha value is -0.870. The fourth-order valence-electron chi connectivity index (χ4n) is 2.85. The molecule has 4 heteroatoms. The summed E-state index contributed by atoms with van der Waals surface area (Å²) in [6, 6.07) is 8.23. The van der Waals surface area contributed by atoms with Gasteiger partial charge in [-0.3, -0.25) is 4.79 Å². The van der Waals surface area contributed by atoms with Crippen molar-refractivity contribution < 1.29 is 4.79 Å². The van der Waals surface area contributed by atoms with Crippen molar-refractivity contribution in [3.63, 3.8) is 0 Å². The largest absolute Gasteiger partial charge is 0.339 e. The van der Waals surface area contributed by atoms with Crippen molar-refractivity contribution in [3.05, 3.63) is 34.3 Å². The summed E-state index contributed by atoms with van der Waals surface area (Å²) in [5.41, 5.74) is 0.950. The summed E-state index contributed by atoms with van der Waals surface area (Å²) in [5, 5.41) is 0. The van der Waals surface area contributed by atoms with Crippen LogP contribution in [-0.4, -0.2) is 48.9 Å². The molecule has 0 unspecified atom stereocenters. The van der Waals surface area contributed by atoms with Crippen LogP contribution in [0.25, 0.3) is 0 Å². The van der Waals surface area contributed by atoms with Gasteiger partial charge in [-0.2, -0.15) is 0 Å². The summed E-state index contributed by atoms with van der Waals surface area (Å²) in [4.78, 5) is 17.1. The summed E-state index contributed by atoms with van der Waals surface area (Å²) >= 11 is 3.50. The number of carbonyl (C=O) groups excluding carboxylic acids is 1. The summed E-state index contributed by atoms with van der Waals surface area (Å²) in [5.74, 6) is 0.332. The second-order valence-corrected chi connectivity index (χ2v) is 6.60. The van der Waals surface area contributed by atoms with E-state index in [2.05, 4.69) is 40.0 Å². The zero-order valence-corrected chi connectivity index (χ0v) is 12.8. The highest BCUT2D eigenvalue weighted by Gasteiger charge is 2.53. The molecule has 2 fully saturated rings. The zero-order valence-electron chi connectivity index (χ0n) is 11.2. The molecule has 3 rings (SSSR count). The lowest BCUT2D eigenvalue weighted by Gasteiger charge is -2.35. The number of benzene rings is 1. The number of nitrogens with zero attached hydrogens (tertiary/aromatic N) is 2. The Bertz CT molecular complexity index is 491. The number of hydrogen-bond donors (Lipinski definition) is 0. The van der Waals surface area contributed by atoms with Crippen LogP contribution >= 0.6 is 15.9 Å². The predicted octanol–water partition coefficient (Wildman–Crippen LogP) is 2.25. The molecule has 1 aromatic carbocycles. The van der Waals surface area contributed by atoms with Gasteiger partial charge in [0.05, 0.1) is 5.41 Å². The van der Waals surface area contributed by atoms with Crippen LogP contribution in [0.3, 0.4) is 0 Å². The Balaban J connectivity index is 1.79. The molecule has 0 spiro atoms. The Kier molecular flexibility index (Phi) is 3.39. The van der Waals surface area contributed by atoms with Gasteiger partial charge in [-0.15, -0.1) is 0 Å². The van der Waals surface area contributed by atoms with Crippen LogP contribution in [0.15, 0.2) is 28.7 Å². The van der Waals surface area contributed by atoms with Crippen LogP contribution in [0.2, 0.25) is 0 Å². The van der Waals surface area contributed by atoms with E-state index in [1.54, 1.807) is 0 Å². The summed E-state index contributed by atoms with van der Waals surface area (Å²) in [7, 11) is 2.11. The van der Waals surface area contributed by atoms with E-state index in [1.165, 1.54) is 5.56 Å². The fourth-order valence-corrected chi connectivity index (χ4v) is 3.25. The van der Waals surface area contributed by atoms with Crippen LogP contribution in [0.1, 0.15) is 18.4 Å². The lowest BCUT2D eigenvalue weighted by Crippen LogP contribution is -2.50. The first-order valence-corrected chi connectivity index (χ1v) is 7.65. The predicted molar refractivity (Wildman–Crippen MR) is 79.1 cm³/mol. The number of hydrogen-bond acceptors (Lipinski definition) is 2. The van der Waals surface area contributed by atoms with Gasteiger partial charge >= 0.3 is 0 Å². The van der Waals surface area contributed by atoms with Crippen molar-refractivity contribution in [3.8, 4) is 0 Å². The van der Waals surface area contributed by atoms with Gasteiger partial charge in [-0.1, -0.05) is 28.1 Å². The third-order valence-electron chi connectivity index (χ3n) is 4.33. The van der Waals surface area contributed by atoms with E-state index in [-0.39, 0.29) is 5.41 Å². The van der Waals surface area contributed by atoms with E-state index in [0.717, 1.165) is 43.5 Å². The van der Waals surface area contributed by atoms with Gasteiger partial charge in [0.25, 0.3) is 0 Å². The first-order chi connectivity index (χ1) is 9.12.